The summed E-state index contributed by atoms with van der Waals surface area (Å²) < 4.78 is 13.5. The molecular formula is C46H56N4O5. The molecule has 290 valence electrons. The first-order valence-corrected chi connectivity index (χ1v) is 19.8. The van der Waals surface area contributed by atoms with Gasteiger partial charge in [-0.25, -0.2) is 0 Å². The molecule has 9 nitrogen and oxygen atoms in total. The second-order valence-corrected chi connectivity index (χ2v) is 17.1. The predicted octanol–water partition coefficient (Wildman–Crippen LogP) is 8.30. The lowest BCUT2D eigenvalue weighted by Gasteiger charge is -2.41. The predicted molar refractivity (Wildman–Crippen MR) is 217 cm³/mol. The van der Waals surface area contributed by atoms with Crippen molar-refractivity contribution in [2.24, 2.45) is 10.8 Å². The van der Waals surface area contributed by atoms with Crippen LogP contribution in [0.5, 0.6) is 0 Å². The molecule has 9 heteroatoms. The van der Waals surface area contributed by atoms with Crippen molar-refractivity contribution in [3.63, 3.8) is 0 Å². The number of ether oxygens (including phenoxy) is 2. The zero-order valence-electron chi connectivity index (χ0n) is 32.4. The number of hydrogen-bond donors (Lipinski definition) is 4. The number of hydrogen-bond acceptors (Lipinski definition) is 7. The fourth-order valence-corrected chi connectivity index (χ4v) is 9.30. The van der Waals surface area contributed by atoms with Gasteiger partial charge in [0, 0.05) is 50.5 Å². The lowest BCUT2D eigenvalue weighted by Crippen LogP contribution is -2.42. The Kier molecular flexibility index (Phi) is 11.7. The molecule has 0 radical (unpaired) electrons. The number of fused-ring (bicyclic) bond motifs is 2. The summed E-state index contributed by atoms with van der Waals surface area (Å²) in [7, 11) is 0. The minimum absolute atomic E-state index is 0.0174. The van der Waals surface area contributed by atoms with Gasteiger partial charge < -0.3 is 30.9 Å². The average molecular weight is 745 g/mol. The quantitative estimate of drug-likeness (QED) is 0.102. The van der Waals surface area contributed by atoms with E-state index in [2.05, 4.69) is 84.8 Å². The molecule has 0 spiro atoms. The van der Waals surface area contributed by atoms with E-state index in [0.717, 1.165) is 52.9 Å². The van der Waals surface area contributed by atoms with Gasteiger partial charge in [-0.3, -0.25) is 14.5 Å². The summed E-state index contributed by atoms with van der Waals surface area (Å²) in [5.41, 5.74) is 13.8. The monoisotopic (exact) mass is 744 g/mol. The van der Waals surface area contributed by atoms with Crippen molar-refractivity contribution in [3.8, 4) is 11.1 Å². The van der Waals surface area contributed by atoms with Gasteiger partial charge in [-0.1, -0.05) is 99.6 Å². The van der Waals surface area contributed by atoms with Crippen molar-refractivity contribution in [1.29, 1.82) is 0 Å². The van der Waals surface area contributed by atoms with Gasteiger partial charge in [0.1, 0.15) is 0 Å². The van der Waals surface area contributed by atoms with E-state index < -0.39 is 6.29 Å². The number of carbonyl (C=O) groups excluding carboxylic acids is 2. The molecule has 2 unspecified atom stereocenters. The Balaban J connectivity index is 0.966. The SMILES string of the molecule is CC1(C)CC2CC(C)(CN2C[C@H]2C[C@@H](c3ccc(CO)cc3)O[C@@H](c3ccc(-c4cccc(CNC(=O)CCCC(=O)Nc5ccccc5N)c4)cc3)O2)C1. The first kappa shape index (κ1) is 38.7. The second-order valence-electron chi connectivity index (χ2n) is 17.1. The highest BCUT2D eigenvalue weighted by Crippen LogP contribution is 2.53. The van der Waals surface area contributed by atoms with Gasteiger partial charge >= 0.3 is 0 Å². The molecule has 2 amide bonds. The van der Waals surface area contributed by atoms with Crippen LogP contribution < -0.4 is 16.4 Å². The summed E-state index contributed by atoms with van der Waals surface area (Å²) in [5.74, 6) is -0.261. The minimum atomic E-state index is -0.506. The Hall–Kier alpha value is -4.54. The Morgan fingerprint density at radius 1 is 0.836 bits per heavy atom. The fraction of sp³-hybridized carbons (Fsp3) is 0.435. The Morgan fingerprint density at radius 2 is 1.58 bits per heavy atom. The highest BCUT2D eigenvalue weighted by atomic mass is 16.7. The van der Waals surface area contributed by atoms with Crippen molar-refractivity contribution < 1.29 is 24.2 Å². The number of amides is 2. The van der Waals surface area contributed by atoms with Crippen LogP contribution in [0, 0.1) is 10.8 Å². The Bertz CT molecular complexity index is 1950. The smallest absolute Gasteiger partial charge is 0.224 e. The number of rotatable bonds is 13. The van der Waals surface area contributed by atoms with Gasteiger partial charge in [0.25, 0.3) is 0 Å². The largest absolute Gasteiger partial charge is 0.397 e. The minimum Gasteiger partial charge on any atom is -0.397 e. The number of aliphatic hydroxyl groups excluding tert-OH is 1. The molecule has 55 heavy (non-hydrogen) atoms. The molecule has 5 N–H and O–H groups in total. The van der Waals surface area contributed by atoms with Crippen molar-refractivity contribution in [1.82, 2.24) is 10.2 Å². The molecule has 2 heterocycles. The number of para-hydroxylation sites is 2. The normalized spacial score (nSPS) is 24.7. The maximum absolute atomic E-state index is 12.6. The molecule has 3 fully saturated rings. The number of carbonyl (C=O) groups is 2. The molecule has 7 rings (SSSR count). The highest BCUT2D eigenvalue weighted by molar-refractivity contribution is 5.94. The van der Waals surface area contributed by atoms with Crippen molar-refractivity contribution in [2.45, 2.75) is 103 Å². The van der Waals surface area contributed by atoms with Crippen LogP contribution in [0.1, 0.15) is 100 Å². The molecule has 4 aromatic rings. The first-order chi connectivity index (χ1) is 26.4. The molecule has 1 saturated carbocycles. The summed E-state index contributed by atoms with van der Waals surface area (Å²) in [5, 5.41) is 15.4. The van der Waals surface area contributed by atoms with Gasteiger partial charge in [-0.05, 0) is 82.5 Å². The summed E-state index contributed by atoms with van der Waals surface area (Å²) in [6.07, 6.45) is 4.86. The molecule has 5 atom stereocenters. The zero-order valence-corrected chi connectivity index (χ0v) is 32.4. The number of benzene rings is 4. The van der Waals surface area contributed by atoms with Crippen LogP contribution in [0.2, 0.25) is 0 Å². The van der Waals surface area contributed by atoms with E-state index in [-0.39, 0.29) is 43.5 Å². The lowest BCUT2D eigenvalue weighted by atomic mass is 9.65. The summed E-state index contributed by atoms with van der Waals surface area (Å²) in [4.78, 5) is 27.6. The molecule has 3 aliphatic rings. The second kappa shape index (κ2) is 16.7. The van der Waals surface area contributed by atoms with Crippen molar-refractivity contribution >= 4 is 23.2 Å². The topological polar surface area (TPSA) is 126 Å². The zero-order chi connectivity index (χ0) is 38.6. The molecule has 4 aromatic carbocycles. The van der Waals surface area contributed by atoms with Gasteiger partial charge in [-0.15, -0.1) is 0 Å². The van der Waals surface area contributed by atoms with Crippen LogP contribution in [-0.2, 0) is 32.2 Å². The third kappa shape index (κ3) is 9.83. The van der Waals surface area contributed by atoms with Crippen molar-refractivity contribution in [3.05, 3.63) is 119 Å². The van der Waals surface area contributed by atoms with Gasteiger partial charge in [0.2, 0.25) is 11.8 Å². The maximum atomic E-state index is 12.6. The number of nitrogens with one attached hydrogen (secondary N) is 2. The van der Waals surface area contributed by atoms with Crippen molar-refractivity contribution in [2.75, 3.05) is 24.1 Å². The third-order valence-electron chi connectivity index (χ3n) is 11.6. The van der Waals surface area contributed by atoms with E-state index in [4.69, 9.17) is 15.2 Å². The third-order valence-corrected chi connectivity index (χ3v) is 11.6. The van der Waals surface area contributed by atoms with Crippen LogP contribution in [-0.4, -0.2) is 47.1 Å². The number of nitrogens with zero attached hydrogens (tertiary/aromatic N) is 1. The van der Waals surface area contributed by atoms with Crippen LogP contribution in [0.4, 0.5) is 11.4 Å². The van der Waals surface area contributed by atoms with Gasteiger partial charge in [0.15, 0.2) is 6.29 Å². The number of anilines is 2. The fourth-order valence-electron chi connectivity index (χ4n) is 9.30. The highest BCUT2D eigenvalue weighted by Gasteiger charge is 2.50. The number of aliphatic hydroxyl groups is 1. The van der Waals surface area contributed by atoms with E-state index in [0.29, 0.717) is 41.2 Å². The maximum Gasteiger partial charge on any atom is 0.224 e. The lowest BCUT2D eigenvalue weighted by molar-refractivity contribution is -0.253. The molecule has 0 aromatic heterocycles. The van der Waals surface area contributed by atoms with E-state index >= 15 is 0 Å². The van der Waals surface area contributed by atoms with Crippen LogP contribution in [0.15, 0.2) is 97.1 Å². The molecule has 1 aliphatic carbocycles. The number of nitrogen functional groups attached to an aromatic ring is 1. The summed E-state index contributed by atoms with van der Waals surface area (Å²) in [6.45, 7) is 9.73. The van der Waals surface area contributed by atoms with Crippen LogP contribution >= 0.6 is 0 Å². The number of likely N-dealkylation sites (tertiary alicyclic amines) is 1. The summed E-state index contributed by atoms with van der Waals surface area (Å²) >= 11 is 0. The standard InChI is InChI=1S/C46H56N4O5/c1-45(2)24-37-25-46(3,29-45)30-50(37)27-38-23-41(34-16-14-31(28-51)15-17-34)55-44(54-38)35-20-18-33(19-21-35)36-9-6-8-32(22-36)26-48-42(52)12-7-13-43(53)49-40-11-5-4-10-39(40)47/h4-6,8-11,14-22,37-38,41,44,51H,7,12-13,23-30,47H2,1-3H3,(H,48,52)(H,49,53)/t37?,38-,41+,44+,46?/m1/s1. The average Bonchev–Trinajstić information content (AvgIpc) is 3.41. The van der Waals surface area contributed by atoms with Crippen LogP contribution in [0.3, 0.4) is 0 Å². The van der Waals surface area contributed by atoms with E-state index in [1.165, 1.54) is 19.3 Å². The molecule has 2 saturated heterocycles. The number of nitrogens with two attached hydrogens (primary N) is 1. The van der Waals surface area contributed by atoms with E-state index in [1.54, 1.807) is 12.1 Å². The van der Waals surface area contributed by atoms with Crippen LogP contribution in [0.25, 0.3) is 11.1 Å². The molecule has 2 bridgehead atoms. The molecule has 2 aliphatic heterocycles. The van der Waals surface area contributed by atoms with Gasteiger partial charge in [-0.2, -0.15) is 0 Å². The van der Waals surface area contributed by atoms with E-state index in [9.17, 15) is 14.7 Å². The Labute approximate surface area is 325 Å². The van der Waals surface area contributed by atoms with E-state index in [1.807, 2.05) is 36.4 Å². The molecular weight excluding hydrogens is 689 g/mol. The summed E-state index contributed by atoms with van der Waals surface area (Å²) in [6, 6.07) is 32.4. The van der Waals surface area contributed by atoms with Gasteiger partial charge in [0.05, 0.1) is 30.2 Å². The first-order valence-electron chi connectivity index (χ1n) is 19.8. The Morgan fingerprint density at radius 3 is 2.35 bits per heavy atom.